The minimum atomic E-state index is -1.38. The van der Waals surface area contributed by atoms with Gasteiger partial charge in [-0.2, -0.15) is 0 Å². The van der Waals surface area contributed by atoms with Gasteiger partial charge in [0.1, 0.15) is 0 Å². The lowest BCUT2D eigenvalue weighted by molar-refractivity contribution is 0.142. The van der Waals surface area contributed by atoms with E-state index in [9.17, 15) is 9.90 Å². The average Bonchev–Trinajstić information content (AvgIpc) is 2.55. The fraction of sp³-hybridized carbons (Fsp3) is 0.632. The molecule has 0 saturated heterocycles. The zero-order chi connectivity index (χ0) is 18.1. The lowest BCUT2D eigenvalue weighted by Crippen LogP contribution is -2.11. The third-order valence-electron chi connectivity index (χ3n) is 4.22. The quantitative estimate of drug-likeness (QED) is 0.259. The molecule has 0 radical (unpaired) electrons. The summed E-state index contributed by atoms with van der Waals surface area (Å²) in [4.78, 5) is 11.0. The predicted octanol–water partition coefficient (Wildman–Crippen LogP) is 6.08. The minimum absolute atomic E-state index is 0.0154. The minimum Gasteiger partial charge on any atom is -0.504 e. The van der Waals surface area contributed by atoms with E-state index in [1.807, 2.05) is 0 Å². The van der Waals surface area contributed by atoms with Crippen LogP contribution >= 0.6 is 22.6 Å². The number of carboxylic acid groups (broad SMARTS) is 1. The van der Waals surface area contributed by atoms with Crippen LogP contribution in [-0.2, 0) is 19.3 Å². The van der Waals surface area contributed by atoms with Crippen molar-refractivity contribution in [2.75, 3.05) is 0 Å². The molecule has 0 amide bonds. The van der Waals surface area contributed by atoms with E-state index < -0.39 is 6.16 Å². The van der Waals surface area contributed by atoms with Gasteiger partial charge in [-0.15, -0.1) is 0 Å². The van der Waals surface area contributed by atoms with Crippen LogP contribution in [0.5, 0.6) is 11.5 Å². The van der Waals surface area contributed by atoms with E-state index in [4.69, 9.17) is 9.84 Å². The van der Waals surface area contributed by atoms with Gasteiger partial charge in [0.2, 0.25) is 0 Å². The molecule has 0 unspecified atom stereocenters. The van der Waals surface area contributed by atoms with E-state index in [0.29, 0.717) is 0 Å². The van der Waals surface area contributed by atoms with E-state index in [1.54, 1.807) is 0 Å². The van der Waals surface area contributed by atoms with Gasteiger partial charge in [-0.1, -0.05) is 40.0 Å². The van der Waals surface area contributed by atoms with Crippen LogP contribution in [0.1, 0.15) is 76.0 Å². The summed E-state index contributed by atoms with van der Waals surface area (Å²) in [5.74, 6) is 0.127. The van der Waals surface area contributed by atoms with E-state index in [1.165, 1.54) is 5.56 Å². The molecule has 0 bridgehead atoms. The maximum Gasteiger partial charge on any atom is 0.511 e. The monoisotopic (exact) mass is 448 g/mol. The zero-order valence-electron chi connectivity index (χ0n) is 15.0. The Bertz CT molecular complexity index is 520. The lowest BCUT2D eigenvalue weighted by Gasteiger charge is -2.21. The highest BCUT2D eigenvalue weighted by molar-refractivity contribution is 14.1. The Balaban J connectivity index is 3.50. The van der Waals surface area contributed by atoms with Gasteiger partial charge >= 0.3 is 6.16 Å². The molecule has 0 aliphatic rings. The largest absolute Gasteiger partial charge is 0.511 e. The molecule has 24 heavy (non-hydrogen) atoms. The molecule has 1 aromatic rings. The first-order chi connectivity index (χ1) is 11.5. The molecule has 4 nitrogen and oxygen atoms in total. The molecular weight excluding hydrogens is 419 g/mol. The van der Waals surface area contributed by atoms with Crippen LogP contribution in [0.4, 0.5) is 4.79 Å². The Morgan fingerprint density at radius 2 is 1.38 bits per heavy atom. The van der Waals surface area contributed by atoms with Gasteiger partial charge in [-0.25, -0.2) is 4.79 Å². The second-order valence-electron chi connectivity index (χ2n) is 6.11. The summed E-state index contributed by atoms with van der Waals surface area (Å²) in [5, 5.41) is 19.7. The second kappa shape index (κ2) is 10.8. The summed E-state index contributed by atoms with van der Waals surface area (Å²) < 4.78 is 5.68. The number of phenolic OH excluding ortho intramolecular Hbond substituents is 1. The number of benzene rings is 1. The Morgan fingerprint density at radius 1 is 0.917 bits per heavy atom. The van der Waals surface area contributed by atoms with Gasteiger partial charge < -0.3 is 14.9 Å². The van der Waals surface area contributed by atoms with Crippen molar-refractivity contribution in [1.29, 1.82) is 0 Å². The van der Waals surface area contributed by atoms with Gasteiger partial charge in [0.25, 0.3) is 0 Å². The number of rotatable bonds is 10. The van der Waals surface area contributed by atoms with E-state index in [0.717, 1.165) is 72.5 Å². The van der Waals surface area contributed by atoms with Gasteiger partial charge in [-0.05, 0) is 72.2 Å². The molecule has 0 saturated carbocycles. The van der Waals surface area contributed by atoms with Crippen molar-refractivity contribution >= 4 is 28.7 Å². The first kappa shape index (κ1) is 21.1. The highest BCUT2D eigenvalue weighted by Crippen LogP contribution is 2.42. The molecule has 136 valence electrons. The molecule has 1 rings (SSSR count). The maximum atomic E-state index is 11.0. The fourth-order valence-corrected chi connectivity index (χ4v) is 3.87. The summed E-state index contributed by atoms with van der Waals surface area (Å²) in [6.07, 6.45) is 7.45. The van der Waals surface area contributed by atoms with Crippen LogP contribution in [0.15, 0.2) is 0 Å². The number of aromatic hydroxyl groups is 1. The van der Waals surface area contributed by atoms with Crippen LogP contribution in [0.25, 0.3) is 0 Å². The summed E-state index contributed by atoms with van der Waals surface area (Å²) in [5.41, 5.74) is 3.25. The Labute approximate surface area is 158 Å². The molecule has 2 N–H and O–H groups in total. The summed E-state index contributed by atoms with van der Waals surface area (Å²) >= 11 is 2.12. The molecule has 0 spiro atoms. The van der Waals surface area contributed by atoms with Gasteiger partial charge in [-0.3, -0.25) is 0 Å². The number of phenols is 1. The maximum absolute atomic E-state index is 11.0. The molecule has 5 heteroatoms. The summed E-state index contributed by atoms with van der Waals surface area (Å²) in [7, 11) is 0. The number of unbranched alkanes of at least 4 members (excludes halogenated alkanes) is 3. The number of hydrogen-bond acceptors (Lipinski definition) is 3. The third-order valence-corrected chi connectivity index (χ3v) is 5.37. The van der Waals surface area contributed by atoms with Crippen LogP contribution < -0.4 is 4.74 Å². The fourth-order valence-electron chi connectivity index (χ4n) is 2.91. The van der Waals surface area contributed by atoms with Crippen LogP contribution in [-0.4, -0.2) is 16.4 Å². The topological polar surface area (TPSA) is 66.8 Å². The van der Waals surface area contributed by atoms with Crippen molar-refractivity contribution < 1.29 is 19.7 Å². The van der Waals surface area contributed by atoms with Crippen molar-refractivity contribution in [1.82, 2.24) is 0 Å². The molecule has 1 aromatic carbocycles. The lowest BCUT2D eigenvalue weighted by atomic mass is 9.89. The Kier molecular flexibility index (Phi) is 9.48. The molecule has 0 fully saturated rings. The Hall–Kier alpha value is -0.980. The van der Waals surface area contributed by atoms with Crippen molar-refractivity contribution in [3.05, 3.63) is 20.3 Å². The predicted molar refractivity (Wildman–Crippen MR) is 105 cm³/mol. The van der Waals surface area contributed by atoms with Gasteiger partial charge in [0.05, 0.1) is 3.57 Å². The van der Waals surface area contributed by atoms with Crippen LogP contribution in [0, 0.1) is 3.57 Å². The molecule has 0 heterocycles. The van der Waals surface area contributed by atoms with Crippen molar-refractivity contribution in [2.45, 2.75) is 78.6 Å². The first-order valence-corrected chi connectivity index (χ1v) is 10.0. The van der Waals surface area contributed by atoms with Gasteiger partial charge in [0.15, 0.2) is 11.5 Å². The van der Waals surface area contributed by atoms with E-state index in [2.05, 4.69) is 43.4 Å². The van der Waals surface area contributed by atoms with Crippen molar-refractivity contribution in [2.24, 2.45) is 0 Å². The summed E-state index contributed by atoms with van der Waals surface area (Å²) in [6.45, 7) is 6.41. The summed E-state index contributed by atoms with van der Waals surface area (Å²) in [6, 6.07) is 0. The smallest absolute Gasteiger partial charge is 0.504 e. The normalized spacial score (nSPS) is 10.8. The molecule has 0 atom stereocenters. The van der Waals surface area contributed by atoms with E-state index in [-0.39, 0.29) is 11.5 Å². The van der Waals surface area contributed by atoms with Crippen LogP contribution in [0.3, 0.4) is 0 Å². The number of hydrogen-bond donors (Lipinski definition) is 2. The van der Waals surface area contributed by atoms with Crippen molar-refractivity contribution in [3.8, 4) is 11.5 Å². The van der Waals surface area contributed by atoms with Crippen molar-refractivity contribution in [3.63, 3.8) is 0 Å². The molecule has 0 aliphatic carbocycles. The molecular formula is C19H29IO4. The number of carbonyl (C=O) groups is 1. The Morgan fingerprint density at radius 3 is 1.83 bits per heavy atom. The average molecular weight is 448 g/mol. The SMILES string of the molecule is CCCCc1c(O)c(OC(=O)O)c(I)c(CCCC)c1CCCC. The van der Waals surface area contributed by atoms with Gasteiger partial charge in [0, 0.05) is 5.56 Å². The molecule has 0 aromatic heterocycles. The zero-order valence-corrected chi connectivity index (χ0v) is 17.1. The second-order valence-corrected chi connectivity index (χ2v) is 7.18. The molecule has 0 aliphatic heterocycles. The number of ether oxygens (including phenoxy) is 1. The van der Waals surface area contributed by atoms with E-state index >= 15 is 0 Å². The highest BCUT2D eigenvalue weighted by atomic mass is 127. The number of halogens is 1. The standard InChI is InChI=1S/C19H29IO4/c1-4-7-10-13-14(11-8-5-2)16(20)18(24-19(22)23)17(21)15(13)12-9-6-3/h21H,4-12H2,1-3H3,(H,22,23). The highest BCUT2D eigenvalue weighted by Gasteiger charge is 2.24. The van der Waals surface area contributed by atoms with Crippen LogP contribution in [0.2, 0.25) is 0 Å². The third kappa shape index (κ3) is 5.53. The first-order valence-electron chi connectivity index (χ1n) is 8.93.